The topological polar surface area (TPSA) is 44.4 Å². The Morgan fingerprint density at radius 3 is 2.53 bits per heavy atom. The number of carbonyl (C=O) groups is 1. The SMILES string of the molecule is CNCCC1CCN(CC(=O)NCCC(C)C)CC1. The molecule has 2 N–H and O–H groups in total. The molecule has 0 aliphatic carbocycles. The second-order valence-corrected chi connectivity index (χ2v) is 6.14. The van der Waals surface area contributed by atoms with E-state index in [0.29, 0.717) is 12.5 Å². The second-order valence-electron chi connectivity index (χ2n) is 6.14. The highest BCUT2D eigenvalue weighted by molar-refractivity contribution is 5.77. The second kappa shape index (κ2) is 9.32. The van der Waals surface area contributed by atoms with Crippen LogP contribution in [0.4, 0.5) is 0 Å². The van der Waals surface area contributed by atoms with E-state index >= 15 is 0 Å². The minimum absolute atomic E-state index is 0.189. The highest BCUT2D eigenvalue weighted by Crippen LogP contribution is 2.19. The molecule has 0 aromatic carbocycles. The van der Waals surface area contributed by atoms with Crippen LogP contribution in [-0.2, 0) is 4.79 Å². The van der Waals surface area contributed by atoms with Crippen LogP contribution in [0.2, 0.25) is 0 Å². The zero-order chi connectivity index (χ0) is 14.1. The molecule has 1 fully saturated rings. The summed E-state index contributed by atoms with van der Waals surface area (Å²) in [7, 11) is 2.01. The summed E-state index contributed by atoms with van der Waals surface area (Å²) in [6.45, 7) is 9.02. The molecule has 1 rings (SSSR count). The number of amides is 1. The van der Waals surface area contributed by atoms with Gasteiger partial charge in [-0.1, -0.05) is 13.8 Å². The average Bonchev–Trinajstić information content (AvgIpc) is 2.37. The fraction of sp³-hybridized carbons (Fsp3) is 0.933. The van der Waals surface area contributed by atoms with Gasteiger partial charge < -0.3 is 10.6 Å². The molecule has 0 unspecified atom stereocenters. The van der Waals surface area contributed by atoms with Crippen LogP contribution in [0.3, 0.4) is 0 Å². The molecule has 1 amide bonds. The van der Waals surface area contributed by atoms with Crippen molar-refractivity contribution >= 4 is 5.91 Å². The Kier molecular flexibility index (Phi) is 8.07. The van der Waals surface area contributed by atoms with E-state index in [1.165, 1.54) is 19.3 Å². The number of hydrogen-bond acceptors (Lipinski definition) is 3. The Morgan fingerprint density at radius 1 is 1.26 bits per heavy atom. The highest BCUT2D eigenvalue weighted by atomic mass is 16.2. The molecule has 0 saturated carbocycles. The molecule has 0 aromatic rings. The standard InChI is InChI=1S/C15H31N3O/c1-13(2)4-9-17-15(19)12-18-10-6-14(7-11-18)5-8-16-3/h13-14,16H,4-12H2,1-3H3,(H,17,19). The molecule has 19 heavy (non-hydrogen) atoms. The van der Waals surface area contributed by atoms with Gasteiger partial charge >= 0.3 is 0 Å². The van der Waals surface area contributed by atoms with Crippen molar-refractivity contribution < 1.29 is 4.79 Å². The van der Waals surface area contributed by atoms with Gasteiger partial charge in [-0.2, -0.15) is 0 Å². The van der Waals surface area contributed by atoms with Gasteiger partial charge in [-0.15, -0.1) is 0 Å². The van der Waals surface area contributed by atoms with Crippen LogP contribution < -0.4 is 10.6 Å². The van der Waals surface area contributed by atoms with E-state index in [1.54, 1.807) is 0 Å². The number of nitrogens with zero attached hydrogens (tertiary/aromatic N) is 1. The van der Waals surface area contributed by atoms with E-state index in [1.807, 2.05) is 7.05 Å². The van der Waals surface area contributed by atoms with Crippen LogP contribution in [0.25, 0.3) is 0 Å². The molecule has 1 heterocycles. The summed E-state index contributed by atoms with van der Waals surface area (Å²) in [6, 6.07) is 0. The van der Waals surface area contributed by atoms with Crippen molar-refractivity contribution in [1.29, 1.82) is 0 Å². The Morgan fingerprint density at radius 2 is 1.95 bits per heavy atom. The van der Waals surface area contributed by atoms with Crippen molar-refractivity contribution in [3.05, 3.63) is 0 Å². The monoisotopic (exact) mass is 269 g/mol. The number of nitrogens with one attached hydrogen (secondary N) is 2. The molecule has 0 bridgehead atoms. The lowest BCUT2D eigenvalue weighted by Gasteiger charge is -2.31. The van der Waals surface area contributed by atoms with E-state index in [9.17, 15) is 4.79 Å². The Labute approximate surface area is 118 Å². The lowest BCUT2D eigenvalue weighted by atomic mass is 9.93. The minimum atomic E-state index is 0.189. The Bertz CT molecular complexity index is 248. The molecule has 1 aliphatic heterocycles. The maximum atomic E-state index is 11.8. The van der Waals surface area contributed by atoms with Gasteiger partial charge in [0.1, 0.15) is 0 Å². The predicted molar refractivity (Wildman–Crippen MR) is 80.2 cm³/mol. The summed E-state index contributed by atoms with van der Waals surface area (Å²) < 4.78 is 0. The van der Waals surface area contributed by atoms with E-state index < -0.39 is 0 Å². The van der Waals surface area contributed by atoms with Gasteiger partial charge in [0.2, 0.25) is 5.91 Å². The number of piperidine rings is 1. The maximum absolute atomic E-state index is 11.8. The zero-order valence-corrected chi connectivity index (χ0v) is 12.9. The van der Waals surface area contributed by atoms with Crippen molar-refractivity contribution in [2.24, 2.45) is 11.8 Å². The minimum Gasteiger partial charge on any atom is -0.355 e. The molecule has 4 heteroatoms. The number of rotatable bonds is 8. The summed E-state index contributed by atoms with van der Waals surface area (Å²) in [5.74, 6) is 1.69. The van der Waals surface area contributed by atoms with Crippen LogP contribution in [0.5, 0.6) is 0 Å². The third-order valence-corrected chi connectivity index (χ3v) is 3.92. The van der Waals surface area contributed by atoms with E-state index in [2.05, 4.69) is 29.4 Å². The Hall–Kier alpha value is -0.610. The van der Waals surface area contributed by atoms with Gasteiger partial charge in [-0.05, 0) is 64.2 Å². The van der Waals surface area contributed by atoms with E-state index in [0.717, 1.165) is 38.5 Å². The molecule has 1 saturated heterocycles. The average molecular weight is 269 g/mol. The number of carbonyl (C=O) groups excluding carboxylic acids is 1. The molecular weight excluding hydrogens is 238 g/mol. The predicted octanol–water partition coefficient (Wildman–Crippen LogP) is 1.47. The van der Waals surface area contributed by atoms with Crippen LogP contribution >= 0.6 is 0 Å². The summed E-state index contributed by atoms with van der Waals surface area (Å²) >= 11 is 0. The molecular formula is C15H31N3O. The summed E-state index contributed by atoms with van der Waals surface area (Å²) in [4.78, 5) is 14.1. The molecule has 0 spiro atoms. The van der Waals surface area contributed by atoms with Gasteiger partial charge in [-0.3, -0.25) is 9.69 Å². The normalized spacial score (nSPS) is 17.9. The smallest absolute Gasteiger partial charge is 0.234 e. The van der Waals surface area contributed by atoms with Crippen LogP contribution in [0.1, 0.15) is 39.5 Å². The molecule has 0 radical (unpaired) electrons. The highest BCUT2D eigenvalue weighted by Gasteiger charge is 2.20. The van der Waals surface area contributed by atoms with Crippen molar-refractivity contribution in [2.75, 3.05) is 39.8 Å². The molecule has 0 aromatic heterocycles. The first-order chi connectivity index (χ1) is 9.11. The lowest BCUT2D eigenvalue weighted by Crippen LogP contribution is -2.42. The summed E-state index contributed by atoms with van der Waals surface area (Å²) in [5, 5.41) is 6.23. The van der Waals surface area contributed by atoms with Crippen molar-refractivity contribution in [1.82, 2.24) is 15.5 Å². The van der Waals surface area contributed by atoms with E-state index in [-0.39, 0.29) is 5.91 Å². The summed E-state index contributed by atoms with van der Waals surface area (Å²) in [5.41, 5.74) is 0. The van der Waals surface area contributed by atoms with Gasteiger partial charge in [-0.25, -0.2) is 0 Å². The van der Waals surface area contributed by atoms with Crippen molar-refractivity contribution in [3.8, 4) is 0 Å². The first kappa shape index (κ1) is 16.4. The lowest BCUT2D eigenvalue weighted by molar-refractivity contribution is -0.122. The summed E-state index contributed by atoms with van der Waals surface area (Å²) in [6.07, 6.45) is 4.81. The van der Waals surface area contributed by atoms with Gasteiger partial charge in [0.05, 0.1) is 6.54 Å². The fourth-order valence-electron chi connectivity index (χ4n) is 2.54. The maximum Gasteiger partial charge on any atom is 0.234 e. The van der Waals surface area contributed by atoms with Crippen molar-refractivity contribution in [2.45, 2.75) is 39.5 Å². The largest absolute Gasteiger partial charge is 0.355 e. The molecule has 1 aliphatic rings. The van der Waals surface area contributed by atoms with Gasteiger partial charge in [0.15, 0.2) is 0 Å². The Balaban J connectivity index is 2.09. The molecule has 0 atom stereocenters. The molecule has 4 nitrogen and oxygen atoms in total. The van der Waals surface area contributed by atoms with Crippen LogP contribution in [0.15, 0.2) is 0 Å². The van der Waals surface area contributed by atoms with Gasteiger partial charge in [0.25, 0.3) is 0 Å². The van der Waals surface area contributed by atoms with Crippen LogP contribution in [0, 0.1) is 11.8 Å². The first-order valence-electron chi connectivity index (χ1n) is 7.75. The zero-order valence-electron chi connectivity index (χ0n) is 12.9. The van der Waals surface area contributed by atoms with E-state index in [4.69, 9.17) is 0 Å². The van der Waals surface area contributed by atoms with Crippen molar-refractivity contribution in [3.63, 3.8) is 0 Å². The number of likely N-dealkylation sites (tertiary alicyclic amines) is 1. The van der Waals surface area contributed by atoms with Gasteiger partial charge in [0, 0.05) is 6.54 Å². The first-order valence-corrected chi connectivity index (χ1v) is 7.75. The third-order valence-electron chi connectivity index (χ3n) is 3.92. The van der Waals surface area contributed by atoms with Crippen LogP contribution in [-0.4, -0.2) is 50.6 Å². The number of hydrogen-bond donors (Lipinski definition) is 2. The quantitative estimate of drug-likeness (QED) is 0.701. The fourth-order valence-corrected chi connectivity index (χ4v) is 2.54. The third kappa shape index (κ3) is 7.53. The molecule has 112 valence electrons.